The van der Waals surface area contributed by atoms with Crippen molar-refractivity contribution in [1.82, 2.24) is 15.1 Å². The Hall–Kier alpha value is -0.900. The molecule has 2 rings (SSSR count). The summed E-state index contributed by atoms with van der Waals surface area (Å²) in [7, 11) is 4.39. The monoisotopic (exact) mass is 289 g/mol. The highest BCUT2D eigenvalue weighted by molar-refractivity contribution is 5.28. The summed E-state index contributed by atoms with van der Waals surface area (Å²) < 4.78 is 0. The highest BCUT2D eigenvalue weighted by atomic mass is 15.2. The summed E-state index contributed by atoms with van der Waals surface area (Å²) in [6.45, 7) is 9.10. The van der Waals surface area contributed by atoms with Crippen molar-refractivity contribution in [3.63, 3.8) is 0 Å². The third-order valence-electron chi connectivity index (χ3n) is 4.73. The largest absolute Gasteiger partial charge is 0.310 e. The fraction of sp³-hybridized carbons (Fsp3) is 0.667. The Bertz CT molecular complexity index is 430. The van der Waals surface area contributed by atoms with Crippen molar-refractivity contribution in [2.75, 3.05) is 40.3 Å². The normalized spacial score (nSPS) is 21.1. The summed E-state index contributed by atoms with van der Waals surface area (Å²) in [5.74, 6) is 0. The molecule has 2 unspecified atom stereocenters. The standard InChI is InChI=1S/C18H31N3/c1-5-19-18(17-9-7-6-8-15(17)2)11-13-21-12-10-16(14-21)20(3)4/h6-9,16,18-19H,5,10-14H2,1-4H3. The van der Waals surface area contributed by atoms with Gasteiger partial charge < -0.3 is 15.1 Å². The molecule has 118 valence electrons. The first-order valence-corrected chi connectivity index (χ1v) is 8.29. The molecule has 0 spiro atoms. The van der Waals surface area contributed by atoms with E-state index in [0.717, 1.165) is 12.6 Å². The highest BCUT2D eigenvalue weighted by Crippen LogP contribution is 2.22. The quantitative estimate of drug-likeness (QED) is 0.832. The molecule has 3 nitrogen and oxygen atoms in total. The maximum Gasteiger partial charge on any atom is 0.0334 e. The minimum atomic E-state index is 0.481. The van der Waals surface area contributed by atoms with E-state index >= 15 is 0 Å². The van der Waals surface area contributed by atoms with Gasteiger partial charge in [0.05, 0.1) is 0 Å². The van der Waals surface area contributed by atoms with Crippen molar-refractivity contribution >= 4 is 0 Å². The van der Waals surface area contributed by atoms with E-state index in [4.69, 9.17) is 0 Å². The van der Waals surface area contributed by atoms with E-state index in [1.165, 1.54) is 43.6 Å². The predicted octanol–water partition coefficient (Wildman–Crippen LogP) is 2.67. The first-order valence-electron chi connectivity index (χ1n) is 8.29. The topological polar surface area (TPSA) is 18.5 Å². The van der Waals surface area contributed by atoms with Crippen LogP contribution in [0.3, 0.4) is 0 Å². The molecular formula is C18H31N3. The first kappa shape index (κ1) is 16.5. The zero-order valence-electron chi connectivity index (χ0n) is 14.1. The zero-order chi connectivity index (χ0) is 15.2. The fourth-order valence-electron chi connectivity index (χ4n) is 3.34. The molecule has 0 amide bonds. The molecule has 21 heavy (non-hydrogen) atoms. The van der Waals surface area contributed by atoms with E-state index in [2.05, 4.69) is 67.3 Å². The van der Waals surface area contributed by atoms with Crippen LogP contribution in [-0.4, -0.2) is 56.1 Å². The van der Waals surface area contributed by atoms with Crippen LogP contribution in [0, 0.1) is 6.92 Å². The van der Waals surface area contributed by atoms with E-state index in [0.29, 0.717) is 6.04 Å². The van der Waals surface area contributed by atoms with Crippen LogP contribution < -0.4 is 5.32 Å². The second kappa shape index (κ2) is 7.92. The van der Waals surface area contributed by atoms with Crippen molar-refractivity contribution in [2.24, 2.45) is 0 Å². The highest BCUT2D eigenvalue weighted by Gasteiger charge is 2.24. The van der Waals surface area contributed by atoms with Gasteiger partial charge in [0.1, 0.15) is 0 Å². The SMILES string of the molecule is CCNC(CCN1CCC(N(C)C)C1)c1ccccc1C. The van der Waals surface area contributed by atoms with Crippen molar-refractivity contribution in [3.8, 4) is 0 Å². The van der Waals surface area contributed by atoms with E-state index in [1.54, 1.807) is 0 Å². The second-order valence-corrected chi connectivity index (χ2v) is 6.46. The Morgan fingerprint density at radius 3 is 2.71 bits per heavy atom. The van der Waals surface area contributed by atoms with Crippen LogP contribution in [0.25, 0.3) is 0 Å². The Morgan fingerprint density at radius 1 is 1.33 bits per heavy atom. The molecule has 0 saturated carbocycles. The van der Waals surface area contributed by atoms with Gasteiger partial charge in [-0.05, 0) is 58.1 Å². The number of hydrogen-bond donors (Lipinski definition) is 1. The van der Waals surface area contributed by atoms with Crippen molar-refractivity contribution in [2.45, 2.75) is 38.8 Å². The van der Waals surface area contributed by atoms with Crippen LogP contribution in [0.2, 0.25) is 0 Å². The molecule has 1 aliphatic rings. The van der Waals surface area contributed by atoms with Crippen LogP contribution in [-0.2, 0) is 0 Å². The fourth-order valence-corrected chi connectivity index (χ4v) is 3.34. The second-order valence-electron chi connectivity index (χ2n) is 6.46. The minimum Gasteiger partial charge on any atom is -0.310 e. The van der Waals surface area contributed by atoms with E-state index in [-0.39, 0.29) is 0 Å². The minimum absolute atomic E-state index is 0.481. The molecule has 0 bridgehead atoms. The molecule has 3 heteroatoms. The lowest BCUT2D eigenvalue weighted by atomic mass is 9.98. The average molecular weight is 289 g/mol. The molecule has 1 N–H and O–H groups in total. The molecule has 0 radical (unpaired) electrons. The van der Waals surface area contributed by atoms with E-state index in [9.17, 15) is 0 Å². The summed E-state index contributed by atoms with van der Waals surface area (Å²) in [5, 5.41) is 3.66. The van der Waals surface area contributed by atoms with Crippen molar-refractivity contribution in [3.05, 3.63) is 35.4 Å². The summed E-state index contributed by atoms with van der Waals surface area (Å²) in [6.07, 6.45) is 2.50. The van der Waals surface area contributed by atoms with Gasteiger partial charge in [-0.1, -0.05) is 31.2 Å². The zero-order valence-corrected chi connectivity index (χ0v) is 14.1. The molecule has 1 aliphatic heterocycles. The van der Waals surface area contributed by atoms with Crippen LogP contribution in [0.4, 0.5) is 0 Å². The van der Waals surface area contributed by atoms with Gasteiger partial charge >= 0.3 is 0 Å². The van der Waals surface area contributed by atoms with E-state index < -0.39 is 0 Å². The van der Waals surface area contributed by atoms with E-state index in [1.807, 2.05) is 0 Å². The molecule has 1 saturated heterocycles. The number of benzene rings is 1. The van der Waals surface area contributed by atoms with Crippen LogP contribution >= 0.6 is 0 Å². The maximum atomic E-state index is 3.66. The third-order valence-corrected chi connectivity index (χ3v) is 4.73. The smallest absolute Gasteiger partial charge is 0.0334 e. The predicted molar refractivity (Wildman–Crippen MR) is 90.7 cm³/mol. The van der Waals surface area contributed by atoms with Crippen molar-refractivity contribution in [1.29, 1.82) is 0 Å². The van der Waals surface area contributed by atoms with Gasteiger partial charge in [-0.15, -0.1) is 0 Å². The number of likely N-dealkylation sites (tertiary alicyclic amines) is 1. The lowest BCUT2D eigenvalue weighted by Crippen LogP contribution is -2.33. The van der Waals surface area contributed by atoms with Gasteiger partial charge in [0, 0.05) is 25.2 Å². The first-order chi connectivity index (χ1) is 10.1. The number of nitrogens with zero attached hydrogens (tertiary/aromatic N) is 2. The van der Waals surface area contributed by atoms with Crippen molar-refractivity contribution < 1.29 is 0 Å². The molecule has 0 aromatic heterocycles. The Balaban J connectivity index is 1.91. The molecular weight excluding hydrogens is 258 g/mol. The summed E-state index contributed by atoms with van der Waals surface area (Å²) in [6, 6.07) is 10.00. The van der Waals surface area contributed by atoms with Gasteiger partial charge in [0.2, 0.25) is 0 Å². The molecule has 0 aliphatic carbocycles. The molecule has 1 heterocycles. The number of nitrogens with one attached hydrogen (secondary N) is 1. The van der Waals surface area contributed by atoms with Crippen LogP contribution in [0.1, 0.15) is 36.9 Å². The van der Waals surface area contributed by atoms with Gasteiger partial charge in [0.15, 0.2) is 0 Å². The number of likely N-dealkylation sites (N-methyl/N-ethyl adjacent to an activating group) is 1. The number of rotatable bonds is 7. The third kappa shape index (κ3) is 4.53. The van der Waals surface area contributed by atoms with Gasteiger partial charge in [-0.3, -0.25) is 0 Å². The number of aryl methyl sites for hydroxylation is 1. The summed E-state index contributed by atoms with van der Waals surface area (Å²) in [5.41, 5.74) is 2.86. The van der Waals surface area contributed by atoms with Gasteiger partial charge in [-0.2, -0.15) is 0 Å². The Labute approximate surface area is 130 Å². The molecule has 2 atom stereocenters. The Morgan fingerprint density at radius 2 is 2.10 bits per heavy atom. The molecule has 1 aromatic carbocycles. The van der Waals surface area contributed by atoms with Gasteiger partial charge in [0.25, 0.3) is 0 Å². The van der Waals surface area contributed by atoms with Gasteiger partial charge in [-0.25, -0.2) is 0 Å². The number of hydrogen-bond acceptors (Lipinski definition) is 3. The average Bonchev–Trinajstić information content (AvgIpc) is 2.93. The van der Waals surface area contributed by atoms with Crippen LogP contribution in [0.15, 0.2) is 24.3 Å². The Kier molecular flexibility index (Phi) is 6.22. The molecule has 1 aromatic rings. The van der Waals surface area contributed by atoms with Crippen LogP contribution in [0.5, 0.6) is 0 Å². The maximum absolute atomic E-state index is 3.66. The summed E-state index contributed by atoms with van der Waals surface area (Å²) >= 11 is 0. The molecule has 1 fully saturated rings. The lowest BCUT2D eigenvalue weighted by molar-refractivity contribution is 0.260. The lowest BCUT2D eigenvalue weighted by Gasteiger charge is -2.24. The summed E-state index contributed by atoms with van der Waals surface area (Å²) in [4.78, 5) is 4.98.